The van der Waals surface area contributed by atoms with Crippen LogP contribution in [0.3, 0.4) is 0 Å². The quantitative estimate of drug-likeness (QED) is 0.749. The molecule has 1 saturated heterocycles. The second-order valence-electron chi connectivity index (χ2n) is 6.51. The molecule has 1 atom stereocenters. The van der Waals surface area contributed by atoms with Crippen molar-refractivity contribution in [3.05, 3.63) is 42.7 Å². The fourth-order valence-electron chi connectivity index (χ4n) is 3.21. The van der Waals surface area contributed by atoms with Gasteiger partial charge in [-0.1, -0.05) is 12.1 Å². The highest BCUT2D eigenvalue weighted by Gasteiger charge is 2.27. The Morgan fingerprint density at radius 3 is 2.85 bits per heavy atom. The molecule has 1 aliphatic heterocycles. The Morgan fingerprint density at radius 2 is 2.07 bits per heavy atom. The molecular formula is C18H20N8O. The Balaban J connectivity index is 1.44. The number of rotatable bonds is 4. The van der Waals surface area contributed by atoms with E-state index in [2.05, 4.69) is 35.6 Å². The Hall–Kier alpha value is -3.36. The number of aryl methyl sites for hydroxylation is 1. The van der Waals surface area contributed by atoms with Crippen molar-refractivity contribution in [2.45, 2.75) is 12.8 Å². The highest BCUT2D eigenvalue weighted by Crippen LogP contribution is 2.23. The third-order valence-electron chi connectivity index (χ3n) is 4.52. The molecule has 1 fully saturated rings. The predicted octanol–water partition coefficient (Wildman–Crippen LogP) is 1.52. The molecule has 0 bridgehead atoms. The first-order chi connectivity index (χ1) is 13.2. The van der Waals surface area contributed by atoms with E-state index < -0.39 is 0 Å². The molecule has 0 spiro atoms. The van der Waals surface area contributed by atoms with Gasteiger partial charge in [-0.2, -0.15) is 4.80 Å². The number of carbonyl (C=O) groups is 1. The van der Waals surface area contributed by atoms with Gasteiger partial charge in [0.25, 0.3) is 0 Å². The standard InChI is InChI=1S/C18H20N8O/c1-25-23-16(22-24-25)13-5-2-7-15(11-13)21-17(27)14-6-3-10-26(12-14)18-19-8-4-9-20-18/h2,4-5,7-9,11,14H,3,6,10,12H2,1H3,(H,21,27)/t14-/m0/s1. The van der Waals surface area contributed by atoms with E-state index in [9.17, 15) is 4.79 Å². The molecule has 0 saturated carbocycles. The molecule has 138 valence electrons. The number of hydrogen-bond acceptors (Lipinski definition) is 7. The van der Waals surface area contributed by atoms with Crippen LogP contribution in [0.2, 0.25) is 0 Å². The summed E-state index contributed by atoms with van der Waals surface area (Å²) < 4.78 is 0. The van der Waals surface area contributed by atoms with Crippen molar-refractivity contribution in [2.24, 2.45) is 13.0 Å². The van der Waals surface area contributed by atoms with Crippen molar-refractivity contribution in [1.29, 1.82) is 0 Å². The van der Waals surface area contributed by atoms with Gasteiger partial charge in [0.15, 0.2) is 0 Å². The average Bonchev–Trinajstić information content (AvgIpc) is 3.15. The molecule has 0 unspecified atom stereocenters. The lowest BCUT2D eigenvalue weighted by Crippen LogP contribution is -2.41. The summed E-state index contributed by atoms with van der Waals surface area (Å²) in [4.78, 5) is 24.8. The van der Waals surface area contributed by atoms with Gasteiger partial charge in [-0.25, -0.2) is 9.97 Å². The van der Waals surface area contributed by atoms with E-state index in [0.717, 1.165) is 30.6 Å². The number of anilines is 2. The van der Waals surface area contributed by atoms with Crippen LogP contribution in [-0.2, 0) is 11.8 Å². The van der Waals surface area contributed by atoms with E-state index in [-0.39, 0.29) is 11.8 Å². The number of carbonyl (C=O) groups excluding carboxylic acids is 1. The minimum Gasteiger partial charge on any atom is -0.340 e. The number of aromatic nitrogens is 6. The van der Waals surface area contributed by atoms with Crippen molar-refractivity contribution in [3.8, 4) is 11.4 Å². The van der Waals surface area contributed by atoms with Gasteiger partial charge in [-0.05, 0) is 36.3 Å². The van der Waals surface area contributed by atoms with Gasteiger partial charge >= 0.3 is 0 Å². The Kier molecular flexibility index (Phi) is 4.73. The molecule has 1 N–H and O–H groups in total. The number of amides is 1. The maximum atomic E-state index is 12.8. The highest BCUT2D eigenvalue weighted by atomic mass is 16.1. The topological polar surface area (TPSA) is 102 Å². The van der Waals surface area contributed by atoms with Crippen molar-refractivity contribution >= 4 is 17.5 Å². The molecule has 2 aromatic heterocycles. The molecule has 0 radical (unpaired) electrons. The summed E-state index contributed by atoms with van der Waals surface area (Å²) >= 11 is 0. The molecule has 1 aliphatic rings. The third-order valence-corrected chi connectivity index (χ3v) is 4.52. The van der Waals surface area contributed by atoms with Gasteiger partial charge in [0.1, 0.15) is 0 Å². The minimum absolute atomic E-state index is 0.000105. The predicted molar refractivity (Wildman–Crippen MR) is 99.8 cm³/mol. The molecule has 27 heavy (non-hydrogen) atoms. The Morgan fingerprint density at radius 1 is 1.22 bits per heavy atom. The average molecular weight is 364 g/mol. The number of hydrogen-bond donors (Lipinski definition) is 1. The monoisotopic (exact) mass is 364 g/mol. The zero-order chi connectivity index (χ0) is 18.6. The first-order valence-corrected chi connectivity index (χ1v) is 8.86. The summed E-state index contributed by atoms with van der Waals surface area (Å²) in [5.41, 5.74) is 1.53. The van der Waals surface area contributed by atoms with Crippen molar-refractivity contribution in [2.75, 3.05) is 23.3 Å². The van der Waals surface area contributed by atoms with Crippen molar-refractivity contribution in [3.63, 3.8) is 0 Å². The number of benzene rings is 1. The Bertz CT molecular complexity index is 926. The summed E-state index contributed by atoms with van der Waals surface area (Å²) in [6.07, 6.45) is 5.22. The van der Waals surface area contributed by atoms with Crippen LogP contribution in [0.15, 0.2) is 42.7 Å². The number of piperidine rings is 1. The zero-order valence-electron chi connectivity index (χ0n) is 15.0. The maximum Gasteiger partial charge on any atom is 0.229 e. The SMILES string of the molecule is Cn1nnc(-c2cccc(NC(=O)[C@H]3CCCN(c4ncccn4)C3)c2)n1. The van der Waals surface area contributed by atoms with Crippen LogP contribution in [0.5, 0.6) is 0 Å². The van der Waals surface area contributed by atoms with Gasteiger partial charge in [0.2, 0.25) is 17.7 Å². The van der Waals surface area contributed by atoms with Crippen LogP contribution in [-0.4, -0.2) is 49.2 Å². The summed E-state index contributed by atoms with van der Waals surface area (Å²) in [6.45, 7) is 1.48. The summed E-state index contributed by atoms with van der Waals surface area (Å²) in [5, 5.41) is 15.1. The third kappa shape index (κ3) is 3.91. The maximum absolute atomic E-state index is 12.8. The smallest absolute Gasteiger partial charge is 0.229 e. The van der Waals surface area contributed by atoms with Gasteiger partial charge < -0.3 is 10.2 Å². The summed E-state index contributed by atoms with van der Waals surface area (Å²) in [5.74, 6) is 1.09. The van der Waals surface area contributed by atoms with E-state index >= 15 is 0 Å². The van der Waals surface area contributed by atoms with Crippen molar-refractivity contribution in [1.82, 2.24) is 30.2 Å². The van der Waals surface area contributed by atoms with E-state index in [1.165, 1.54) is 4.80 Å². The largest absolute Gasteiger partial charge is 0.340 e. The lowest BCUT2D eigenvalue weighted by atomic mass is 9.97. The number of nitrogens with one attached hydrogen (secondary N) is 1. The Labute approximate surface area is 156 Å². The van der Waals surface area contributed by atoms with Gasteiger partial charge in [-0.3, -0.25) is 4.79 Å². The van der Waals surface area contributed by atoms with Crippen LogP contribution >= 0.6 is 0 Å². The van der Waals surface area contributed by atoms with Gasteiger partial charge in [-0.15, -0.1) is 10.2 Å². The zero-order valence-corrected chi connectivity index (χ0v) is 15.0. The fourth-order valence-corrected chi connectivity index (χ4v) is 3.21. The van der Waals surface area contributed by atoms with Crippen LogP contribution in [0, 0.1) is 5.92 Å². The van der Waals surface area contributed by atoms with Gasteiger partial charge in [0, 0.05) is 36.7 Å². The molecule has 9 nitrogen and oxygen atoms in total. The molecule has 9 heteroatoms. The van der Waals surface area contributed by atoms with Crippen LogP contribution in [0.4, 0.5) is 11.6 Å². The summed E-state index contributed by atoms with van der Waals surface area (Å²) in [7, 11) is 1.72. The highest BCUT2D eigenvalue weighted by molar-refractivity contribution is 5.93. The first kappa shape index (κ1) is 17.1. The van der Waals surface area contributed by atoms with E-state index in [0.29, 0.717) is 18.3 Å². The fraction of sp³-hybridized carbons (Fsp3) is 0.333. The van der Waals surface area contributed by atoms with Crippen LogP contribution in [0.25, 0.3) is 11.4 Å². The van der Waals surface area contributed by atoms with Crippen LogP contribution in [0.1, 0.15) is 12.8 Å². The molecule has 4 rings (SSSR count). The second kappa shape index (κ2) is 7.48. The van der Waals surface area contributed by atoms with Gasteiger partial charge in [0.05, 0.1) is 13.0 Å². The summed E-state index contributed by atoms with van der Waals surface area (Å²) in [6, 6.07) is 9.26. The lowest BCUT2D eigenvalue weighted by Gasteiger charge is -2.31. The molecule has 3 aromatic rings. The van der Waals surface area contributed by atoms with E-state index in [4.69, 9.17) is 0 Å². The molecule has 0 aliphatic carbocycles. The van der Waals surface area contributed by atoms with E-state index in [1.54, 1.807) is 25.5 Å². The van der Waals surface area contributed by atoms with E-state index in [1.807, 2.05) is 24.3 Å². The lowest BCUT2D eigenvalue weighted by molar-refractivity contribution is -0.120. The number of nitrogens with zero attached hydrogens (tertiary/aromatic N) is 7. The minimum atomic E-state index is -0.110. The first-order valence-electron chi connectivity index (χ1n) is 8.86. The second-order valence-corrected chi connectivity index (χ2v) is 6.51. The van der Waals surface area contributed by atoms with Crippen molar-refractivity contribution < 1.29 is 4.79 Å². The number of tetrazole rings is 1. The normalized spacial score (nSPS) is 16.9. The molecule has 1 amide bonds. The molecular weight excluding hydrogens is 344 g/mol. The molecule has 1 aromatic carbocycles. The van der Waals surface area contributed by atoms with Crippen LogP contribution < -0.4 is 10.2 Å². The molecule has 3 heterocycles.